The number of piperidine rings is 1. The smallest absolute Gasteiger partial charge is 0.0618 e. The first-order chi connectivity index (χ1) is 13.2. The number of hydrogen-bond acceptors (Lipinski definition) is 5. The molecule has 0 saturated carbocycles. The van der Waals surface area contributed by atoms with E-state index in [0.717, 1.165) is 19.7 Å². The molecule has 0 aliphatic carbocycles. The average molecular weight is 386 g/mol. The molecule has 0 unspecified atom stereocenters. The van der Waals surface area contributed by atoms with Crippen LogP contribution < -0.4 is 0 Å². The highest BCUT2D eigenvalue weighted by Crippen LogP contribution is 2.44. The number of nitrogens with zero attached hydrogens (tertiary/aromatic N) is 3. The zero-order valence-corrected chi connectivity index (χ0v) is 17.4. The van der Waals surface area contributed by atoms with Crippen molar-refractivity contribution in [3.05, 3.63) is 52.0 Å². The molecule has 146 valence electrons. The summed E-state index contributed by atoms with van der Waals surface area (Å²) in [4.78, 5) is 12.7. The average Bonchev–Trinajstić information content (AvgIpc) is 3.22. The van der Waals surface area contributed by atoms with Crippen LogP contribution in [-0.2, 0) is 17.8 Å². The van der Waals surface area contributed by atoms with Crippen molar-refractivity contribution in [2.75, 3.05) is 33.4 Å². The molecule has 4 rings (SSSR count). The summed E-state index contributed by atoms with van der Waals surface area (Å²) in [5.41, 5.74) is 1.63. The van der Waals surface area contributed by atoms with Crippen molar-refractivity contribution >= 4 is 11.3 Å². The van der Waals surface area contributed by atoms with E-state index < -0.39 is 0 Å². The predicted octanol–water partition coefficient (Wildman–Crippen LogP) is 3.95. The Labute approximate surface area is 167 Å². The fourth-order valence-electron chi connectivity index (χ4n) is 4.83. The molecule has 0 N–H and O–H groups in total. The Balaban J connectivity index is 1.37. The van der Waals surface area contributed by atoms with E-state index in [1.54, 1.807) is 0 Å². The van der Waals surface area contributed by atoms with Crippen LogP contribution in [0.4, 0.5) is 0 Å². The van der Waals surface area contributed by atoms with Gasteiger partial charge in [0.25, 0.3) is 0 Å². The highest BCUT2D eigenvalue weighted by molar-refractivity contribution is 7.11. The molecule has 4 nitrogen and oxygen atoms in total. The van der Waals surface area contributed by atoms with Gasteiger partial charge in [0.05, 0.1) is 12.3 Å². The molecule has 2 saturated heterocycles. The van der Waals surface area contributed by atoms with Crippen LogP contribution in [0.2, 0.25) is 0 Å². The quantitative estimate of drug-likeness (QED) is 0.753. The van der Waals surface area contributed by atoms with Gasteiger partial charge in [0, 0.05) is 48.7 Å². The van der Waals surface area contributed by atoms with Crippen molar-refractivity contribution in [1.82, 2.24) is 14.8 Å². The lowest BCUT2D eigenvalue weighted by Gasteiger charge is -2.39. The van der Waals surface area contributed by atoms with Gasteiger partial charge in [-0.2, -0.15) is 0 Å². The second-order valence-corrected chi connectivity index (χ2v) is 9.70. The lowest BCUT2D eigenvalue weighted by molar-refractivity contribution is 0.102. The second kappa shape index (κ2) is 8.39. The minimum Gasteiger partial charge on any atom is -0.383 e. The zero-order chi connectivity index (χ0) is 18.7. The first-order valence-electron chi connectivity index (χ1n) is 10.1. The van der Waals surface area contributed by atoms with E-state index in [0.29, 0.717) is 11.5 Å². The monoisotopic (exact) mass is 385 g/mol. The van der Waals surface area contributed by atoms with Gasteiger partial charge in [0.2, 0.25) is 0 Å². The maximum Gasteiger partial charge on any atom is 0.0618 e. The van der Waals surface area contributed by atoms with Gasteiger partial charge in [0.1, 0.15) is 0 Å². The normalized spacial score (nSPS) is 23.3. The van der Waals surface area contributed by atoms with E-state index in [4.69, 9.17) is 4.74 Å². The number of aryl methyl sites for hydroxylation is 1. The van der Waals surface area contributed by atoms with Gasteiger partial charge < -0.3 is 4.74 Å². The lowest BCUT2D eigenvalue weighted by Crippen LogP contribution is -2.41. The standard InChI is InChI=1S/C22H31N3OS/c1-18-6-7-21(27-18)15-24-11-8-22(9-12-24)13-20(16-26-2)25(17-22)14-19-5-3-4-10-23-19/h3-7,10,20H,8-9,11-17H2,1-2H3/t20-/m0/s1. The van der Waals surface area contributed by atoms with Crippen LogP contribution >= 0.6 is 11.3 Å². The summed E-state index contributed by atoms with van der Waals surface area (Å²) >= 11 is 1.94. The molecular weight excluding hydrogens is 354 g/mol. The predicted molar refractivity (Wildman–Crippen MR) is 111 cm³/mol. The molecule has 1 atom stereocenters. The van der Waals surface area contributed by atoms with Crippen molar-refractivity contribution in [2.45, 2.75) is 45.3 Å². The number of ether oxygens (including phenoxy) is 1. The van der Waals surface area contributed by atoms with Crippen LogP contribution in [0.15, 0.2) is 36.5 Å². The number of thiophene rings is 1. The molecule has 5 heteroatoms. The van der Waals surface area contributed by atoms with Crippen LogP contribution in [0.5, 0.6) is 0 Å². The number of rotatable bonds is 6. The van der Waals surface area contributed by atoms with Crippen LogP contribution in [-0.4, -0.2) is 54.2 Å². The van der Waals surface area contributed by atoms with Gasteiger partial charge in [-0.3, -0.25) is 14.8 Å². The summed E-state index contributed by atoms with van der Waals surface area (Å²) < 4.78 is 5.56. The first kappa shape index (κ1) is 19.1. The van der Waals surface area contributed by atoms with E-state index in [-0.39, 0.29) is 0 Å². The van der Waals surface area contributed by atoms with Crippen LogP contribution in [0.1, 0.15) is 34.7 Å². The van der Waals surface area contributed by atoms with Crippen LogP contribution in [0.25, 0.3) is 0 Å². The van der Waals surface area contributed by atoms with E-state index >= 15 is 0 Å². The first-order valence-corrected chi connectivity index (χ1v) is 10.9. The van der Waals surface area contributed by atoms with E-state index in [1.807, 2.05) is 30.7 Å². The van der Waals surface area contributed by atoms with E-state index in [9.17, 15) is 0 Å². The SMILES string of the molecule is COC[C@@H]1CC2(CCN(Cc3ccc(C)s3)CC2)CN1Cc1ccccn1. The summed E-state index contributed by atoms with van der Waals surface area (Å²) in [5.74, 6) is 0. The Bertz CT molecular complexity index is 724. The van der Waals surface area contributed by atoms with Gasteiger partial charge in [-0.1, -0.05) is 6.07 Å². The third-order valence-electron chi connectivity index (χ3n) is 6.27. The third kappa shape index (κ3) is 4.60. The molecule has 0 amide bonds. The second-order valence-electron chi connectivity index (χ2n) is 8.33. The van der Waals surface area contributed by atoms with Gasteiger partial charge in [-0.25, -0.2) is 0 Å². The Hall–Kier alpha value is -1.27. The summed E-state index contributed by atoms with van der Waals surface area (Å²) in [6.07, 6.45) is 5.77. The molecule has 2 aromatic heterocycles. The van der Waals surface area contributed by atoms with Gasteiger partial charge in [-0.15, -0.1) is 11.3 Å². The summed E-state index contributed by atoms with van der Waals surface area (Å²) in [5, 5.41) is 0. The number of likely N-dealkylation sites (tertiary alicyclic amines) is 2. The molecule has 0 radical (unpaired) electrons. The Morgan fingerprint density at radius 1 is 1.19 bits per heavy atom. The Kier molecular flexibility index (Phi) is 5.93. The van der Waals surface area contributed by atoms with Crippen molar-refractivity contribution in [3.63, 3.8) is 0 Å². The molecule has 0 bridgehead atoms. The molecule has 2 aliphatic heterocycles. The zero-order valence-electron chi connectivity index (χ0n) is 16.6. The molecule has 0 aromatic carbocycles. The van der Waals surface area contributed by atoms with Gasteiger partial charge in [-0.05, 0) is 69.0 Å². The summed E-state index contributed by atoms with van der Waals surface area (Å²) in [6, 6.07) is 11.3. The molecule has 27 heavy (non-hydrogen) atoms. The van der Waals surface area contributed by atoms with E-state index in [2.05, 4.69) is 46.0 Å². The Morgan fingerprint density at radius 3 is 2.70 bits per heavy atom. The topological polar surface area (TPSA) is 28.6 Å². The largest absolute Gasteiger partial charge is 0.383 e. The summed E-state index contributed by atoms with van der Waals surface area (Å²) in [7, 11) is 1.83. The van der Waals surface area contributed by atoms with Crippen molar-refractivity contribution in [1.29, 1.82) is 0 Å². The fourth-order valence-corrected chi connectivity index (χ4v) is 5.77. The molecule has 2 fully saturated rings. The lowest BCUT2D eigenvalue weighted by atomic mass is 9.76. The van der Waals surface area contributed by atoms with Crippen molar-refractivity contribution in [3.8, 4) is 0 Å². The maximum absolute atomic E-state index is 5.56. The van der Waals surface area contributed by atoms with Crippen LogP contribution in [0.3, 0.4) is 0 Å². The maximum atomic E-state index is 5.56. The third-order valence-corrected chi connectivity index (χ3v) is 7.25. The highest BCUT2D eigenvalue weighted by atomic mass is 32.1. The van der Waals surface area contributed by atoms with Crippen LogP contribution in [0, 0.1) is 12.3 Å². The van der Waals surface area contributed by atoms with Gasteiger partial charge >= 0.3 is 0 Å². The Morgan fingerprint density at radius 2 is 2.04 bits per heavy atom. The van der Waals surface area contributed by atoms with E-state index in [1.165, 1.54) is 54.3 Å². The summed E-state index contributed by atoms with van der Waals surface area (Å²) in [6.45, 7) is 8.70. The fraction of sp³-hybridized carbons (Fsp3) is 0.591. The minimum atomic E-state index is 0.458. The number of pyridine rings is 1. The minimum absolute atomic E-state index is 0.458. The highest BCUT2D eigenvalue weighted by Gasteiger charge is 2.45. The molecule has 4 heterocycles. The molecule has 2 aliphatic rings. The van der Waals surface area contributed by atoms with Gasteiger partial charge in [0.15, 0.2) is 0 Å². The molecule has 2 aromatic rings. The number of hydrogen-bond donors (Lipinski definition) is 0. The van der Waals surface area contributed by atoms with Crippen molar-refractivity contribution in [2.24, 2.45) is 5.41 Å². The molecule has 1 spiro atoms. The van der Waals surface area contributed by atoms with Crippen molar-refractivity contribution < 1.29 is 4.74 Å². The number of methoxy groups -OCH3 is 1. The number of aromatic nitrogens is 1. The molecular formula is C22H31N3OS.